The van der Waals surface area contributed by atoms with E-state index >= 15 is 0 Å². The first-order valence-electron chi connectivity index (χ1n) is 4.98. The van der Waals surface area contributed by atoms with Crippen LogP contribution < -0.4 is 10.6 Å². The number of carbonyl (C=O) groups excluding carboxylic acids is 2. The van der Waals surface area contributed by atoms with Crippen LogP contribution in [0.3, 0.4) is 0 Å². The van der Waals surface area contributed by atoms with Crippen molar-refractivity contribution < 1.29 is 14.0 Å². The molecule has 2 N–H and O–H groups in total. The van der Waals surface area contributed by atoms with Crippen LogP contribution in [-0.4, -0.2) is 17.4 Å². The summed E-state index contributed by atoms with van der Waals surface area (Å²) in [6, 6.07) is 3.06. The summed E-state index contributed by atoms with van der Waals surface area (Å²) in [5.41, 5.74) is -0.321. The van der Waals surface area contributed by atoms with Crippen LogP contribution in [0.4, 0.5) is 5.88 Å². The highest BCUT2D eigenvalue weighted by Gasteiger charge is 2.18. The number of rotatable bonds is 2. The van der Waals surface area contributed by atoms with Gasteiger partial charge in [0.1, 0.15) is 0 Å². The molecule has 5 heteroatoms. The molecule has 0 aliphatic heterocycles. The molecule has 2 amide bonds. The number of nitrogens with one attached hydrogen (secondary N) is 2. The monoisotopic (exact) mass is 224 g/mol. The molecule has 0 atom stereocenters. The third kappa shape index (κ3) is 3.76. The summed E-state index contributed by atoms with van der Waals surface area (Å²) >= 11 is 0. The first-order chi connectivity index (χ1) is 7.28. The van der Waals surface area contributed by atoms with Gasteiger partial charge in [0.05, 0.1) is 0 Å². The summed E-state index contributed by atoms with van der Waals surface area (Å²) in [6.07, 6.45) is 0. The van der Waals surface area contributed by atoms with Crippen molar-refractivity contribution in [2.75, 3.05) is 5.32 Å². The maximum absolute atomic E-state index is 11.6. The Bertz CT molecular complexity index is 402. The molecule has 0 bridgehead atoms. The minimum Gasteiger partial charge on any atom is -0.435 e. The molecule has 0 aliphatic rings. The van der Waals surface area contributed by atoms with Gasteiger partial charge in [0.15, 0.2) is 11.6 Å². The van der Waals surface area contributed by atoms with Gasteiger partial charge < -0.3 is 9.73 Å². The Kier molecular flexibility index (Phi) is 3.37. The van der Waals surface area contributed by atoms with Gasteiger partial charge in [-0.25, -0.2) is 0 Å². The molecule has 1 aromatic heterocycles. The van der Waals surface area contributed by atoms with E-state index in [0.29, 0.717) is 0 Å². The van der Waals surface area contributed by atoms with Crippen molar-refractivity contribution in [2.24, 2.45) is 0 Å². The summed E-state index contributed by atoms with van der Waals surface area (Å²) in [5.74, 6) is -0.0912. The standard InChI is InChI=1S/C11H16N2O3/c1-7(14)12-9-6-5-8(16-9)10(15)13-11(2,3)4/h5-6H,1-4H3,(H,12,14)(H,13,15). The van der Waals surface area contributed by atoms with Crippen molar-refractivity contribution in [3.05, 3.63) is 17.9 Å². The molecule has 0 unspecified atom stereocenters. The number of hydrogen-bond acceptors (Lipinski definition) is 3. The first kappa shape index (κ1) is 12.3. The topological polar surface area (TPSA) is 71.3 Å². The zero-order valence-electron chi connectivity index (χ0n) is 9.88. The predicted octanol–water partition coefficient (Wildman–Crippen LogP) is 1.77. The second kappa shape index (κ2) is 4.38. The van der Waals surface area contributed by atoms with Gasteiger partial charge in [-0.3, -0.25) is 14.9 Å². The van der Waals surface area contributed by atoms with Gasteiger partial charge in [0.25, 0.3) is 5.91 Å². The lowest BCUT2D eigenvalue weighted by atomic mass is 10.1. The quantitative estimate of drug-likeness (QED) is 0.804. The number of carbonyl (C=O) groups is 2. The van der Waals surface area contributed by atoms with Gasteiger partial charge in [-0.05, 0) is 26.8 Å². The molecule has 0 aliphatic carbocycles. The second-order valence-electron chi connectivity index (χ2n) is 4.55. The summed E-state index contributed by atoms with van der Waals surface area (Å²) < 4.78 is 5.16. The Balaban J connectivity index is 2.71. The van der Waals surface area contributed by atoms with Crippen molar-refractivity contribution >= 4 is 17.7 Å². The number of furan rings is 1. The molecule has 5 nitrogen and oxygen atoms in total. The number of amides is 2. The molecular formula is C11H16N2O3. The Morgan fingerprint density at radius 1 is 1.25 bits per heavy atom. The highest BCUT2D eigenvalue weighted by Crippen LogP contribution is 2.14. The first-order valence-corrected chi connectivity index (χ1v) is 4.98. The lowest BCUT2D eigenvalue weighted by Gasteiger charge is -2.19. The lowest BCUT2D eigenvalue weighted by molar-refractivity contribution is -0.114. The SMILES string of the molecule is CC(=O)Nc1ccc(C(=O)NC(C)(C)C)o1. The number of anilines is 1. The largest absolute Gasteiger partial charge is 0.435 e. The van der Waals surface area contributed by atoms with Gasteiger partial charge in [-0.15, -0.1) is 0 Å². The van der Waals surface area contributed by atoms with Gasteiger partial charge in [-0.1, -0.05) is 0 Å². The minimum atomic E-state index is -0.321. The Labute approximate surface area is 94.2 Å². The molecule has 1 heterocycles. The van der Waals surface area contributed by atoms with Crippen LogP contribution in [-0.2, 0) is 4.79 Å². The van der Waals surface area contributed by atoms with Gasteiger partial charge in [-0.2, -0.15) is 0 Å². The van der Waals surface area contributed by atoms with Crippen molar-refractivity contribution in [2.45, 2.75) is 33.2 Å². The zero-order chi connectivity index (χ0) is 12.3. The smallest absolute Gasteiger partial charge is 0.287 e. The highest BCUT2D eigenvalue weighted by molar-refractivity contribution is 5.93. The Morgan fingerprint density at radius 2 is 1.88 bits per heavy atom. The van der Waals surface area contributed by atoms with Crippen molar-refractivity contribution in [3.63, 3.8) is 0 Å². The molecule has 0 saturated heterocycles. The van der Waals surface area contributed by atoms with Crippen LogP contribution >= 0.6 is 0 Å². The summed E-state index contributed by atoms with van der Waals surface area (Å²) in [7, 11) is 0. The van der Waals surface area contributed by atoms with Crippen molar-refractivity contribution in [3.8, 4) is 0 Å². The van der Waals surface area contributed by atoms with E-state index in [-0.39, 0.29) is 29.0 Å². The second-order valence-corrected chi connectivity index (χ2v) is 4.55. The fraction of sp³-hybridized carbons (Fsp3) is 0.455. The lowest BCUT2D eigenvalue weighted by Crippen LogP contribution is -2.40. The van der Waals surface area contributed by atoms with E-state index in [1.807, 2.05) is 20.8 Å². The normalized spacial score (nSPS) is 11.0. The Hall–Kier alpha value is -1.78. The van der Waals surface area contributed by atoms with E-state index in [1.54, 1.807) is 6.07 Å². The Morgan fingerprint density at radius 3 is 2.38 bits per heavy atom. The maximum atomic E-state index is 11.6. The van der Waals surface area contributed by atoms with Gasteiger partial charge in [0, 0.05) is 18.5 Å². The molecular weight excluding hydrogens is 208 g/mol. The van der Waals surface area contributed by atoms with E-state index in [9.17, 15) is 9.59 Å². The summed E-state index contributed by atoms with van der Waals surface area (Å²) in [5, 5.41) is 5.21. The van der Waals surface area contributed by atoms with Crippen molar-refractivity contribution in [1.82, 2.24) is 5.32 Å². The summed E-state index contributed by atoms with van der Waals surface area (Å²) in [4.78, 5) is 22.4. The minimum absolute atomic E-state index is 0.179. The van der Waals surface area contributed by atoms with Crippen molar-refractivity contribution in [1.29, 1.82) is 0 Å². The molecule has 0 radical (unpaired) electrons. The number of hydrogen-bond donors (Lipinski definition) is 2. The van der Waals surface area contributed by atoms with Crippen LogP contribution in [0, 0.1) is 0 Å². The highest BCUT2D eigenvalue weighted by atomic mass is 16.4. The summed E-state index contributed by atoms with van der Waals surface area (Å²) in [6.45, 7) is 7.01. The fourth-order valence-corrected chi connectivity index (χ4v) is 1.10. The predicted molar refractivity (Wildman–Crippen MR) is 60.2 cm³/mol. The van der Waals surface area contributed by atoms with E-state index in [1.165, 1.54) is 13.0 Å². The van der Waals surface area contributed by atoms with Crippen LogP contribution in [0.15, 0.2) is 16.5 Å². The van der Waals surface area contributed by atoms with Gasteiger partial charge >= 0.3 is 0 Å². The third-order valence-corrected chi connectivity index (χ3v) is 1.62. The van der Waals surface area contributed by atoms with Crippen LogP contribution in [0.5, 0.6) is 0 Å². The fourth-order valence-electron chi connectivity index (χ4n) is 1.10. The van der Waals surface area contributed by atoms with E-state index in [0.717, 1.165) is 0 Å². The van der Waals surface area contributed by atoms with E-state index in [2.05, 4.69) is 10.6 Å². The molecule has 0 aromatic carbocycles. The van der Waals surface area contributed by atoms with Crippen LogP contribution in [0.2, 0.25) is 0 Å². The molecule has 0 saturated carbocycles. The molecule has 0 spiro atoms. The average molecular weight is 224 g/mol. The molecule has 0 fully saturated rings. The van der Waals surface area contributed by atoms with Crippen LogP contribution in [0.1, 0.15) is 38.2 Å². The van der Waals surface area contributed by atoms with E-state index in [4.69, 9.17) is 4.42 Å². The average Bonchev–Trinajstić information content (AvgIpc) is 2.48. The molecule has 1 aromatic rings. The third-order valence-electron chi connectivity index (χ3n) is 1.62. The molecule has 88 valence electrons. The van der Waals surface area contributed by atoms with Gasteiger partial charge in [0.2, 0.25) is 5.91 Å². The maximum Gasteiger partial charge on any atom is 0.287 e. The molecule has 16 heavy (non-hydrogen) atoms. The van der Waals surface area contributed by atoms with E-state index < -0.39 is 0 Å². The van der Waals surface area contributed by atoms with Crippen LogP contribution in [0.25, 0.3) is 0 Å². The zero-order valence-corrected chi connectivity index (χ0v) is 9.88. The molecule has 1 rings (SSSR count).